The van der Waals surface area contributed by atoms with Crippen LogP contribution in [0, 0.1) is 6.92 Å². The Morgan fingerprint density at radius 3 is 2.17 bits per heavy atom. The summed E-state index contributed by atoms with van der Waals surface area (Å²) in [6.07, 6.45) is 0. The van der Waals surface area contributed by atoms with Crippen molar-refractivity contribution >= 4 is 40.9 Å². The summed E-state index contributed by atoms with van der Waals surface area (Å²) in [4.78, 5) is 33.6. The first-order valence-corrected chi connectivity index (χ1v) is 12.9. The highest BCUT2D eigenvalue weighted by atomic mass is 35.5. The number of amides is 2. The van der Waals surface area contributed by atoms with Gasteiger partial charge >= 0.3 is 0 Å². The molecule has 5 rings (SSSR count). The lowest BCUT2D eigenvalue weighted by Gasteiger charge is -2.34. The minimum Gasteiger partial charge on any atom is -0.355 e. The highest BCUT2D eigenvalue weighted by molar-refractivity contribution is 8.04. The van der Waals surface area contributed by atoms with E-state index in [2.05, 4.69) is 29.2 Å². The Labute approximate surface area is 215 Å². The molecule has 2 amide bonds. The SMILES string of the molecule is Cc1ccc(SC2=C(N3CC[NH+](Cc4ccccc4)CC3)C(=O)N(c3ccc(Cl)cc3)C2=O)cc1. The second-order valence-electron chi connectivity index (χ2n) is 8.91. The van der Waals surface area contributed by atoms with Gasteiger partial charge in [0.2, 0.25) is 0 Å². The largest absolute Gasteiger partial charge is 0.355 e. The van der Waals surface area contributed by atoms with Crippen LogP contribution in [-0.4, -0.2) is 42.9 Å². The summed E-state index contributed by atoms with van der Waals surface area (Å²) in [5.74, 6) is -0.546. The molecule has 0 unspecified atom stereocenters. The van der Waals surface area contributed by atoms with Crippen LogP contribution in [0.2, 0.25) is 5.02 Å². The maximum Gasteiger partial charge on any atom is 0.283 e. The number of anilines is 1. The van der Waals surface area contributed by atoms with E-state index in [1.165, 1.54) is 27.1 Å². The maximum absolute atomic E-state index is 13.7. The zero-order valence-corrected chi connectivity index (χ0v) is 21.1. The molecule has 0 spiro atoms. The second kappa shape index (κ2) is 10.3. The number of nitrogens with one attached hydrogen (secondary N) is 1. The third-order valence-corrected chi connectivity index (χ3v) is 7.76. The van der Waals surface area contributed by atoms with Gasteiger partial charge in [-0.1, -0.05) is 71.4 Å². The first-order valence-electron chi connectivity index (χ1n) is 11.7. The summed E-state index contributed by atoms with van der Waals surface area (Å²) in [6.45, 7) is 6.25. The molecule has 1 N–H and O–H groups in total. The van der Waals surface area contributed by atoms with Crippen molar-refractivity contribution in [2.45, 2.75) is 18.4 Å². The number of hydrogen-bond donors (Lipinski definition) is 1. The fourth-order valence-electron chi connectivity index (χ4n) is 4.53. The Balaban J connectivity index is 1.40. The number of aryl methyl sites for hydroxylation is 1. The molecule has 2 aliphatic rings. The molecule has 0 bridgehead atoms. The van der Waals surface area contributed by atoms with E-state index in [1.54, 1.807) is 24.3 Å². The van der Waals surface area contributed by atoms with Gasteiger partial charge in [0.15, 0.2) is 0 Å². The summed E-state index contributed by atoms with van der Waals surface area (Å²) in [5, 5.41) is 0.563. The van der Waals surface area contributed by atoms with Gasteiger partial charge in [-0.2, -0.15) is 0 Å². The standard InChI is InChI=1S/C28H26ClN3O2S/c1-20-7-13-24(14-8-20)35-26-25(27(33)32(28(26)34)23-11-9-22(29)10-12-23)31-17-15-30(16-18-31)19-21-5-3-2-4-6-21/h2-14H,15-19H2,1H3/p+1. The van der Waals surface area contributed by atoms with Gasteiger partial charge in [0.1, 0.15) is 17.1 Å². The van der Waals surface area contributed by atoms with E-state index in [1.807, 2.05) is 37.3 Å². The molecule has 5 nitrogen and oxygen atoms in total. The molecule has 2 aliphatic heterocycles. The van der Waals surface area contributed by atoms with Gasteiger partial charge in [-0.15, -0.1) is 0 Å². The fourth-order valence-corrected chi connectivity index (χ4v) is 5.65. The number of rotatable bonds is 6. The molecule has 1 saturated heterocycles. The lowest BCUT2D eigenvalue weighted by atomic mass is 10.2. The van der Waals surface area contributed by atoms with E-state index in [-0.39, 0.29) is 11.8 Å². The monoisotopic (exact) mass is 504 g/mol. The third-order valence-electron chi connectivity index (χ3n) is 6.43. The lowest BCUT2D eigenvalue weighted by Crippen LogP contribution is -3.13. The minimum atomic E-state index is -0.281. The van der Waals surface area contributed by atoms with Gasteiger partial charge in [0.25, 0.3) is 11.8 Å². The summed E-state index contributed by atoms with van der Waals surface area (Å²) in [7, 11) is 0. The number of halogens is 1. The van der Waals surface area contributed by atoms with E-state index in [9.17, 15) is 9.59 Å². The highest BCUT2D eigenvalue weighted by Gasteiger charge is 2.43. The van der Waals surface area contributed by atoms with Crippen molar-refractivity contribution in [2.75, 3.05) is 31.1 Å². The van der Waals surface area contributed by atoms with Crippen molar-refractivity contribution in [2.24, 2.45) is 0 Å². The molecule has 0 saturated carbocycles. The molecule has 3 aromatic rings. The Hall–Kier alpha value is -3.06. The quantitative estimate of drug-likeness (QED) is 0.517. The number of thioether (sulfide) groups is 1. The van der Waals surface area contributed by atoms with Crippen LogP contribution in [0.25, 0.3) is 0 Å². The second-order valence-corrected chi connectivity index (χ2v) is 10.4. The van der Waals surface area contributed by atoms with Gasteiger partial charge in [0.05, 0.1) is 31.9 Å². The number of nitrogens with zero attached hydrogens (tertiary/aromatic N) is 2. The van der Waals surface area contributed by atoms with E-state index in [0.29, 0.717) is 21.3 Å². The predicted molar refractivity (Wildman–Crippen MR) is 140 cm³/mol. The van der Waals surface area contributed by atoms with Crippen LogP contribution >= 0.6 is 23.4 Å². The molecular formula is C28H27ClN3O2S+. The molecule has 35 heavy (non-hydrogen) atoms. The lowest BCUT2D eigenvalue weighted by molar-refractivity contribution is -0.917. The van der Waals surface area contributed by atoms with Crippen molar-refractivity contribution < 1.29 is 14.5 Å². The summed E-state index contributed by atoms with van der Waals surface area (Å²) in [5.41, 5.74) is 3.51. The summed E-state index contributed by atoms with van der Waals surface area (Å²) < 4.78 is 0. The summed E-state index contributed by atoms with van der Waals surface area (Å²) in [6, 6.07) is 25.4. The van der Waals surface area contributed by atoms with Gasteiger partial charge < -0.3 is 9.80 Å². The minimum absolute atomic E-state index is 0.265. The van der Waals surface area contributed by atoms with Crippen molar-refractivity contribution in [1.82, 2.24) is 4.90 Å². The molecule has 0 atom stereocenters. The number of imide groups is 1. The van der Waals surface area contributed by atoms with Crippen LogP contribution in [0.5, 0.6) is 0 Å². The van der Waals surface area contributed by atoms with Crippen LogP contribution in [0.15, 0.2) is 94.4 Å². The molecule has 1 fully saturated rings. The Morgan fingerprint density at radius 2 is 1.51 bits per heavy atom. The molecule has 7 heteroatoms. The van der Waals surface area contributed by atoms with Crippen LogP contribution in [0.3, 0.4) is 0 Å². The number of hydrogen-bond acceptors (Lipinski definition) is 4. The Bertz CT molecular complexity index is 1250. The molecule has 2 heterocycles. The molecule has 0 radical (unpaired) electrons. The van der Waals surface area contributed by atoms with Crippen molar-refractivity contribution in [3.05, 3.63) is 106 Å². The first-order chi connectivity index (χ1) is 17.0. The maximum atomic E-state index is 13.7. The smallest absolute Gasteiger partial charge is 0.283 e. The van der Waals surface area contributed by atoms with E-state index >= 15 is 0 Å². The Kier molecular flexibility index (Phi) is 6.95. The van der Waals surface area contributed by atoms with Crippen molar-refractivity contribution in [3.8, 4) is 0 Å². The van der Waals surface area contributed by atoms with Crippen molar-refractivity contribution in [3.63, 3.8) is 0 Å². The number of carbonyl (C=O) groups is 2. The molecular weight excluding hydrogens is 478 g/mol. The third kappa shape index (κ3) is 5.15. The zero-order chi connectivity index (χ0) is 24.4. The van der Waals surface area contributed by atoms with E-state index in [0.717, 1.165) is 43.2 Å². The van der Waals surface area contributed by atoms with E-state index in [4.69, 9.17) is 11.6 Å². The van der Waals surface area contributed by atoms with Crippen LogP contribution in [-0.2, 0) is 16.1 Å². The van der Waals surface area contributed by atoms with Gasteiger partial charge in [-0.25, -0.2) is 4.90 Å². The number of quaternary nitrogens is 1. The average molecular weight is 505 g/mol. The molecule has 178 valence electrons. The van der Waals surface area contributed by atoms with Crippen LogP contribution in [0.1, 0.15) is 11.1 Å². The fraction of sp³-hybridized carbons (Fsp3) is 0.214. The number of carbonyl (C=O) groups excluding carboxylic acids is 2. The van der Waals surface area contributed by atoms with Gasteiger partial charge in [-0.3, -0.25) is 9.59 Å². The molecule has 0 aromatic heterocycles. The van der Waals surface area contributed by atoms with Crippen LogP contribution in [0.4, 0.5) is 5.69 Å². The van der Waals surface area contributed by atoms with E-state index < -0.39 is 0 Å². The first kappa shape index (κ1) is 23.7. The topological polar surface area (TPSA) is 45.1 Å². The average Bonchev–Trinajstić information content (AvgIpc) is 3.11. The number of piperazine rings is 1. The molecule has 0 aliphatic carbocycles. The summed E-state index contributed by atoms with van der Waals surface area (Å²) >= 11 is 7.42. The number of benzene rings is 3. The van der Waals surface area contributed by atoms with Crippen LogP contribution < -0.4 is 9.80 Å². The van der Waals surface area contributed by atoms with Gasteiger partial charge in [-0.05, 0) is 43.3 Å². The van der Waals surface area contributed by atoms with Gasteiger partial charge in [0, 0.05) is 15.5 Å². The Morgan fingerprint density at radius 1 is 0.857 bits per heavy atom. The zero-order valence-electron chi connectivity index (χ0n) is 19.5. The highest BCUT2D eigenvalue weighted by Crippen LogP contribution is 2.39. The molecule has 3 aromatic carbocycles. The predicted octanol–water partition coefficient (Wildman–Crippen LogP) is 3.93. The van der Waals surface area contributed by atoms with Crippen molar-refractivity contribution in [1.29, 1.82) is 0 Å². The normalized spacial score (nSPS) is 17.0.